The molecule has 1 aliphatic carbocycles. The minimum absolute atomic E-state index is 0.141. The van der Waals surface area contributed by atoms with Crippen molar-refractivity contribution in [2.45, 2.75) is 39.2 Å². The molecule has 1 aromatic rings. The van der Waals surface area contributed by atoms with Gasteiger partial charge in [0.05, 0.1) is 7.11 Å². The second-order valence-electron chi connectivity index (χ2n) is 6.00. The molecule has 2 rings (SSSR count). The zero-order valence-corrected chi connectivity index (χ0v) is 11.8. The van der Waals surface area contributed by atoms with E-state index in [2.05, 4.69) is 19.2 Å². The van der Waals surface area contributed by atoms with Crippen molar-refractivity contribution in [2.75, 3.05) is 12.8 Å². The van der Waals surface area contributed by atoms with Crippen molar-refractivity contribution in [3.05, 3.63) is 23.8 Å². The number of hydrogen-bond donors (Lipinski definition) is 2. The summed E-state index contributed by atoms with van der Waals surface area (Å²) in [4.78, 5) is 12.3. The van der Waals surface area contributed by atoms with Crippen LogP contribution in [0.25, 0.3) is 0 Å². The van der Waals surface area contributed by atoms with Crippen LogP contribution in [-0.2, 0) is 0 Å². The van der Waals surface area contributed by atoms with Crippen molar-refractivity contribution in [1.82, 2.24) is 5.32 Å². The summed E-state index contributed by atoms with van der Waals surface area (Å²) in [5.41, 5.74) is 7.09. The molecule has 3 N–H and O–H groups in total. The van der Waals surface area contributed by atoms with Crippen LogP contribution in [-0.4, -0.2) is 19.1 Å². The van der Waals surface area contributed by atoms with Gasteiger partial charge in [0.25, 0.3) is 5.91 Å². The molecule has 1 saturated carbocycles. The summed E-state index contributed by atoms with van der Waals surface area (Å²) in [7, 11) is 1.55. The highest BCUT2D eigenvalue weighted by Gasteiger charge is 2.32. The molecule has 0 aliphatic heterocycles. The van der Waals surface area contributed by atoms with Crippen molar-refractivity contribution in [2.24, 2.45) is 5.41 Å². The number of nitrogens with two attached hydrogens (primary N) is 1. The predicted octanol–water partition coefficient (Wildman–Crippen LogP) is 2.59. The first kappa shape index (κ1) is 13.7. The largest absolute Gasteiger partial charge is 0.496 e. The van der Waals surface area contributed by atoms with Crippen molar-refractivity contribution >= 4 is 11.6 Å². The number of nitrogen functional groups attached to an aromatic ring is 1. The number of carbonyl (C=O) groups excluding carboxylic acids is 1. The molecule has 0 radical (unpaired) electrons. The minimum Gasteiger partial charge on any atom is -0.496 e. The number of methoxy groups -OCH3 is 1. The van der Waals surface area contributed by atoms with Crippen molar-refractivity contribution < 1.29 is 9.53 Å². The fraction of sp³-hybridized carbons (Fsp3) is 0.533. The number of amides is 1. The zero-order chi connectivity index (χ0) is 14.0. The molecule has 1 aliphatic rings. The zero-order valence-electron chi connectivity index (χ0n) is 11.8. The molecular weight excluding hydrogens is 240 g/mol. The highest BCUT2D eigenvalue weighted by molar-refractivity contribution is 6.02. The number of hydrogen-bond acceptors (Lipinski definition) is 3. The molecule has 1 atom stereocenters. The third kappa shape index (κ3) is 3.00. The third-order valence-corrected chi connectivity index (χ3v) is 3.81. The molecule has 0 heterocycles. The first-order chi connectivity index (χ1) is 8.93. The van der Waals surface area contributed by atoms with Crippen LogP contribution in [0.5, 0.6) is 5.75 Å². The van der Waals surface area contributed by atoms with E-state index < -0.39 is 0 Å². The smallest absolute Gasteiger partial charge is 0.257 e. The van der Waals surface area contributed by atoms with E-state index in [4.69, 9.17) is 10.5 Å². The molecule has 19 heavy (non-hydrogen) atoms. The minimum atomic E-state index is -0.141. The fourth-order valence-corrected chi connectivity index (χ4v) is 2.78. The number of rotatable bonds is 3. The maximum Gasteiger partial charge on any atom is 0.257 e. The Hall–Kier alpha value is -1.71. The molecule has 1 amide bonds. The van der Waals surface area contributed by atoms with Gasteiger partial charge in [-0.15, -0.1) is 0 Å². The standard InChI is InChI=1S/C15H22N2O2/c1-15(2)8-7-10(9-15)17-14(18)13-11(16)5-4-6-12(13)19-3/h4-6,10H,7-9,16H2,1-3H3,(H,17,18). The molecule has 104 valence electrons. The molecule has 0 spiro atoms. The lowest BCUT2D eigenvalue weighted by Crippen LogP contribution is -2.34. The van der Waals surface area contributed by atoms with Gasteiger partial charge in [0.2, 0.25) is 0 Å². The molecule has 4 nitrogen and oxygen atoms in total. The lowest BCUT2D eigenvalue weighted by atomic mass is 9.92. The Morgan fingerprint density at radius 2 is 2.21 bits per heavy atom. The van der Waals surface area contributed by atoms with E-state index in [9.17, 15) is 4.79 Å². The summed E-state index contributed by atoms with van der Waals surface area (Å²) >= 11 is 0. The summed E-state index contributed by atoms with van der Waals surface area (Å²) in [5, 5.41) is 3.07. The number of carbonyl (C=O) groups is 1. The normalized spacial score (nSPS) is 21.1. The Morgan fingerprint density at radius 1 is 1.47 bits per heavy atom. The van der Waals surface area contributed by atoms with E-state index >= 15 is 0 Å². The van der Waals surface area contributed by atoms with Gasteiger partial charge in [-0.25, -0.2) is 0 Å². The van der Waals surface area contributed by atoms with Crippen LogP contribution in [0.3, 0.4) is 0 Å². The first-order valence-electron chi connectivity index (χ1n) is 6.66. The van der Waals surface area contributed by atoms with Gasteiger partial charge in [-0.2, -0.15) is 0 Å². The van der Waals surface area contributed by atoms with E-state index in [1.807, 2.05) is 0 Å². The van der Waals surface area contributed by atoms with Gasteiger partial charge in [-0.3, -0.25) is 4.79 Å². The highest BCUT2D eigenvalue weighted by atomic mass is 16.5. The Morgan fingerprint density at radius 3 is 2.79 bits per heavy atom. The molecule has 0 aromatic heterocycles. The molecule has 1 unspecified atom stereocenters. The van der Waals surface area contributed by atoms with Gasteiger partial charge >= 0.3 is 0 Å². The molecule has 0 bridgehead atoms. The quantitative estimate of drug-likeness (QED) is 0.823. The number of nitrogens with one attached hydrogen (secondary N) is 1. The van der Waals surface area contributed by atoms with E-state index in [-0.39, 0.29) is 11.9 Å². The van der Waals surface area contributed by atoms with Crippen molar-refractivity contribution in [1.29, 1.82) is 0 Å². The highest BCUT2D eigenvalue weighted by Crippen LogP contribution is 2.37. The lowest BCUT2D eigenvalue weighted by molar-refractivity contribution is 0.0934. The van der Waals surface area contributed by atoms with Gasteiger partial charge in [-0.05, 0) is 36.8 Å². The molecule has 4 heteroatoms. The Labute approximate surface area is 114 Å². The molecule has 1 fully saturated rings. The van der Waals surface area contributed by atoms with Crippen LogP contribution in [0.15, 0.2) is 18.2 Å². The van der Waals surface area contributed by atoms with Crippen molar-refractivity contribution in [3.8, 4) is 5.75 Å². The summed E-state index contributed by atoms with van der Waals surface area (Å²) in [6.07, 6.45) is 3.17. The Kier molecular flexibility index (Phi) is 3.69. The molecular formula is C15H22N2O2. The first-order valence-corrected chi connectivity index (χ1v) is 6.66. The number of anilines is 1. The van der Waals surface area contributed by atoms with Gasteiger partial charge in [0.15, 0.2) is 0 Å². The fourth-order valence-electron chi connectivity index (χ4n) is 2.78. The van der Waals surface area contributed by atoms with Crippen LogP contribution in [0.2, 0.25) is 0 Å². The van der Waals surface area contributed by atoms with Crippen LogP contribution >= 0.6 is 0 Å². The van der Waals surface area contributed by atoms with Gasteiger partial charge < -0.3 is 15.8 Å². The van der Waals surface area contributed by atoms with Gasteiger partial charge in [0, 0.05) is 11.7 Å². The van der Waals surface area contributed by atoms with Gasteiger partial charge in [-0.1, -0.05) is 19.9 Å². The van der Waals surface area contributed by atoms with Crippen molar-refractivity contribution in [3.63, 3.8) is 0 Å². The maximum atomic E-state index is 12.3. The van der Waals surface area contributed by atoms with E-state index in [1.54, 1.807) is 25.3 Å². The SMILES string of the molecule is COc1cccc(N)c1C(=O)NC1CCC(C)(C)C1. The van der Waals surface area contributed by atoms with E-state index in [1.165, 1.54) is 0 Å². The maximum absolute atomic E-state index is 12.3. The third-order valence-electron chi connectivity index (χ3n) is 3.81. The van der Waals surface area contributed by atoms with Crippen LogP contribution in [0.1, 0.15) is 43.5 Å². The topological polar surface area (TPSA) is 64.3 Å². The summed E-state index contributed by atoms with van der Waals surface area (Å²) in [5.74, 6) is 0.382. The second kappa shape index (κ2) is 5.11. The Balaban J connectivity index is 2.13. The molecule has 0 saturated heterocycles. The van der Waals surface area contributed by atoms with Crippen LogP contribution in [0, 0.1) is 5.41 Å². The van der Waals surface area contributed by atoms with E-state index in [0.717, 1.165) is 19.3 Å². The average Bonchev–Trinajstić information content (AvgIpc) is 2.67. The lowest BCUT2D eigenvalue weighted by Gasteiger charge is -2.19. The summed E-state index contributed by atoms with van der Waals surface area (Å²) in [6.45, 7) is 4.47. The summed E-state index contributed by atoms with van der Waals surface area (Å²) < 4.78 is 5.21. The van der Waals surface area contributed by atoms with E-state index in [0.29, 0.717) is 22.4 Å². The second-order valence-corrected chi connectivity index (χ2v) is 6.00. The van der Waals surface area contributed by atoms with Crippen LogP contribution < -0.4 is 15.8 Å². The predicted molar refractivity (Wildman–Crippen MR) is 76.3 cm³/mol. The summed E-state index contributed by atoms with van der Waals surface area (Å²) in [6, 6.07) is 5.48. The number of benzene rings is 1. The van der Waals surface area contributed by atoms with Gasteiger partial charge in [0.1, 0.15) is 11.3 Å². The number of ether oxygens (including phenoxy) is 1. The van der Waals surface area contributed by atoms with Crippen LogP contribution in [0.4, 0.5) is 5.69 Å². The monoisotopic (exact) mass is 262 g/mol. The average molecular weight is 262 g/mol. The molecule has 1 aromatic carbocycles. The Bertz CT molecular complexity index is 483.